The van der Waals surface area contributed by atoms with E-state index in [1.54, 1.807) is 24.3 Å². The van der Waals surface area contributed by atoms with Crippen LogP contribution in [-0.2, 0) is 0 Å². The number of hydrogen-bond acceptors (Lipinski definition) is 8. The van der Waals surface area contributed by atoms with Gasteiger partial charge in [0.25, 0.3) is 0 Å². The largest absolute Gasteiger partial charge is 0.436 e. The molecule has 0 aliphatic heterocycles. The van der Waals surface area contributed by atoms with Gasteiger partial charge in [0, 0.05) is 59.5 Å². The van der Waals surface area contributed by atoms with Crippen LogP contribution in [0, 0.1) is 22.7 Å². The summed E-state index contributed by atoms with van der Waals surface area (Å²) < 4.78 is 12.4. The van der Waals surface area contributed by atoms with E-state index in [0.717, 1.165) is 103 Å². The number of fused-ring (bicyclic) bond motifs is 6. The van der Waals surface area contributed by atoms with Crippen LogP contribution in [0.25, 0.3) is 88.9 Å². The van der Waals surface area contributed by atoms with E-state index in [1.807, 2.05) is 36.4 Å². The Labute approximate surface area is 372 Å². The van der Waals surface area contributed by atoms with Gasteiger partial charge in [0.05, 0.1) is 23.3 Å². The quantitative estimate of drug-likeness (QED) is 0.134. The summed E-state index contributed by atoms with van der Waals surface area (Å²) in [6, 6.07) is 57.2. The van der Waals surface area contributed by atoms with Crippen molar-refractivity contribution in [2.75, 3.05) is 36.0 Å². The van der Waals surface area contributed by atoms with E-state index >= 15 is 0 Å². The molecule has 2 aromatic heterocycles. The number of anilines is 2. The fraction of sp³-hybridized carbons (Fsp3) is 0.143. The minimum absolute atomic E-state index is 0.559. The summed E-state index contributed by atoms with van der Waals surface area (Å²) >= 11 is 0. The Morgan fingerprint density at radius 3 is 1.36 bits per heavy atom. The predicted octanol–water partition coefficient (Wildman–Crippen LogP) is 14.1. The molecule has 0 radical (unpaired) electrons. The van der Waals surface area contributed by atoms with E-state index < -0.39 is 0 Å². The van der Waals surface area contributed by atoms with Gasteiger partial charge in [-0.1, -0.05) is 72.8 Å². The van der Waals surface area contributed by atoms with Gasteiger partial charge in [0.2, 0.25) is 11.8 Å². The van der Waals surface area contributed by atoms with Crippen LogP contribution in [0.1, 0.15) is 38.8 Å². The van der Waals surface area contributed by atoms with Gasteiger partial charge in [-0.25, -0.2) is 9.97 Å². The molecule has 0 aliphatic rings. The normalized spacial score (nSPS) is 11.0. The first-order chi connectivity index (χ1) is 31.4. The van der Waals surface area contributed by atoms with Crippen LogP contribution in [0.4, 0.5) is 11.4 Å². The second-order valence-corrected chi connectivity index (χ2v) is 15.5. The lowest BCUT2D eigenvalue weighted by molar-refractivity contribution is 0.620. The molecule has 64 heavy (non-hydrogen) atoms. The molecular weight excluding hydrogens is 789 g/mol. The van der Waals surface area contributed by atoms with Crippen molar-refractivity contribution in [2.45, 2.75) is 27.7 Å². The average Bonchev–Trinajstić information content (AvgIpc) is 4.01. The Hall–Kier alpha value is -8.20. The van der Waals surface area contributed by atoms with Gasteiger partial charge in [0.15, 0.2) is 11.2 Å². The van der Waals surface area contributed by atoms with Crippen LogP contribution >= 0.6 is 0 Å². The number of hydrogen-bond donors (Lipinski definition) is 0. The third-order valence-electron chi connectivity index (χ3n) is 11.9. The number of rotatable bonds is 10. The third-order valence-corrected chi connectivity index (χ3v) is 11.9. The van der Waals surface area contributed by atoms with Crippen LogP contribution in [0.3, 0.4) is 0 Å². The molecule has 8 aromatic carbocycles. The molecule has 10 aromatic rings. The first-order valence-electron chi connectivity index (χ1n) is 21.8. The van der Waals surface area contributed by atoms with Crippen molar-refractivity contribution >= 4 is 55.1 Å². The summed E-state index contributed by atoms with van der Waals surface area (Å²) in [6.45, 7) is 12.7. The van der Waals surface area contributed by atoms with Crippen molar-refractivity contribution in [3.8, 4) is 57.3 Å². The molecule has 8 heteroatoms. The van der Waals surface area contributed by atoms with Crippen LogP contribution in [0.2, 0.25) is 0 Å². The summed E-state index contributed by atoms with van der Waals surface area (Å²) in [4.78, 5) is 14.3. The first kappa shape index (κ1) is 41.2. The standard InChI is InChI=1S/2C28H23N3O/c1-3-31(4-2)22-15-13-20(14-16-22)25-17-26-27(24-8-6-5-7-23(24)25)30-28(32-26)21-11-9-19(18-29)10-12-21;1-3-31(4-2)22-15-13-20(14-16-22)25-17-26-27(24-8-6-5-7-23(24)25)32-28(30-26)21-11-9-19(18-29)10-12-21/h2*5-17H,3-4H2,1-2H3. The second-order valence-electron chi connectivity index (χ2n) is 15.5. The lowest BCUT2D eigenvalue weighted by atomic mass is 9.97. The van der Waals surface area contributed by atoms with Gasteiger partial charge < -0.3 is 18.6 Å². The Morgan fingerprint density at radius 2 is 0.875 bits per heavy atom. The topological polar surface area (TPSA) is 106 Å². The zero-order valence-electron chi connectivity index (χ0n) is 36.3. The van der Waals surface area contributed by atoms with E-state index in [4.69, 9.17) is 29.3 Å². The highest BCUT2D eigenvalue weighted by atomic mass is 16.4. The predicted molar refractivity (Wildman–Crippen MR) is 261 cm³/mol. The van der Waals surface area contributed by atoms with Crippen molar-refractivity contribution < 1.29 is 8.83 Å². The summed E-state index contributed by atoms with van der Waals surface area (Å²) in [5.41, 5.74) is 13.2. The number of benzene rings is 8. The fourth-order valence-corrected chi connectivity index (χ4v) is 8.49. The zero-order chi connectivity index (χ0) is 44.2. The third kappa shape index (κ3) is 7.90. The van der Waals surface area contributed by atoms with Gasteiger partial charge in [-0.3, -0.25) is 0 Å². The van der Waals surface area contributed by atoms with E-state index in [2.05, 4.69) is 147 Å². The number of aromatic nitrogens is 2. The molecule has 8 nitrogen and oxygen atoms in total. The smallest absolute Gasteiger partial charge is 0.227 e. The lowest BCUT2D eigenvalue weighted by Crippen LogP contribution is -2.21. The minimum Gasteiger partial charge on any atom is -0.436 e. The maximum atomic E-state index is 9.05. The van der Waals surface area contributed by atoms with Gasteiger partial charge in [-0.15, -0.1) is 0 Å². The Kier molecular flexibility index (Phi) is 11.6. The summed E-state index contributed by atoms with van der Waals surface area (Å²) in [6.07, 6.45) is 0. The Bertz CT molecular complexity index is 3100. The van der Waals surface area contributed by atoms with Crippen LogP contribution < -0.4 is 9.80 Å². The molecule has 0 amide bonds. The van der Waals surface area contributed by atoms with Crippen molar-refractivity contribution in [3.05, 3.63) is 169 Å². The summed E-state index contributed by atoms with van der Waals surface area (Å²) in [5, 5.41) is 22.5. The van der Waals surface area contributed by atoms with Crippen molar-refractivity contribution in [1.29, 1.82) is 10.5 Å². The van der Waals surface area contributed by atoms with E-state index in [9.17, 15) is 0 Å². The highest BCUT2D eigenvalue weighted by Gasteiger charge is 2.18. The van der Waals surface area contributed by atoms with Crippen LogP contribution in [0.15, 0.2) is 167 Å². The second kappa shape index (κ2) is 18.0. The molecule has 0 fully saturated rings. The Morgan fingerprint density at radius 1 is 0.453 bits per heavy atom. The maximum absolute atomic E-state index is 9.05. The van der Waals surface area contributed by atoms with Crippen molar-refractivity contribution in [1.82, 2.24) is 9.97 Å². The van der Waals surface area contributed by atoms with Crippen molar-refractivity contribution in [3.63, 3.8) is 0 Å². The zero-order valence-corrected chi connectivity index (χ0v) is 36.3. The van der Waals surface area contributed by atoms with Crippen LogP contribution in [0.5, 0.6) is 0 Å². The molecular formula is C56H46N6O2. The molecule has 0 aliphatic carbocycles. The SMILES string of the molecule is CCN(CC)c1ccc(-c2cc3nc(-c4ccc(C#N)cc4)oc3c3ccccc23)cc1.CCN(CC)c1ccc(-c2cc3oc(-c4ccc(C#N)cc4)nc3c3ccccc23)cc1. The van der Waals surface area contributed by atoms with Crippen molar-refractivity contribution in [2.24, 2.45) is 0 Å². The van der Waals surface area contributed by atoms with E-state index in [0.29, 0.717) is 22.9 Å². The number of oxazole rings is 2. The molecule has 0 saturated carbocycles. The van der Waals surface area contributed by atoms with Gasteiger partial charge in [-0.2, -0.15) is 10.5 Å². The van der Waals surface area contributed by atoms with Gasteiger partial charge in [-0.05, 0) is 146 Å². The highest BCUT2D eigenvalue weighted by molar-refractivity contribution is 6.12. The molecule has 0 spiro atoms. The number of nitrogens with zero attached hydrogens (tertiary/aromatic N) is 6. The maximum Gasteiger partial charge on any atom is 0.227 e. The molecule has 0 atom stereocenters. The Balaban J connectivity index is 0.000000162. The molecule has 0 N–H and O–H groups in total. The van der Waals surface area contributed by atoms with Gasteiger partial charge in [0.1, 0.15) is 11.0 Å². The minimum atomic E-state index is 0.559. The number of nitriles is 2. The van der Waals surface area contributed by atoms with Crippen LogP contribution in [-0.4, -0.2) is 36.1 Å². The molecule has 0 unspecified atom stereocenters. The highest BCUT2D eigenvalue weighted by Crippen LogP contribution is 2.39. The molecule has 0 bridgehead atoms. The molecule has 312 valence electrons. The average molecular weight is 835 g/mol. The molecule has 2 heterocycles. The fourth-order valence-electron chi connectivity index (χ4n) is 8.49. The summed E-state index contributed by atoms with van der Waals surface area (Å²) in [7, 11) is 0. The first-order valence-corrected chi connectivity index (χ1v) is 21.8. The summed E-state index contributed by atoms with van der Waals surface area (Å²) in [5.74, 6) is 1.12. The monoisotopic (exact) mass is 834 g/mol. The lowest BCUT2D eigenvalue weighted by Gasteiger charge is -2.21. The van der Waals surface area contributed by atoms with E-state index in [-0.39, 0.29) is 0 Å². The molecule has 0 saturated heterocycles. The molecule has 10 rings (SSSR count). The van der Waals surface area contributed by atoms with E-state index in [1.165, 1.54) is 11.4 Å². The van der Waals surface area contributed by atoms with Gasteiger partial charge >= 0.3 is 0 Å².